The van der Waals surface area contributed by atoms with E-state index in [1.807, 2.05) is 6.07 Å². The normalized spacial score (nSPS) is 12.2. The van der Waals surface area contributed by atoms with Gasteiger partial charge in [-0.05, 0) is 83.2 Å². The van der Waals surface area contributed by atoms with Crippen molar-refractivity contribution < 1.29 is 4.74 Å². The lowest BCUT2D eigenvalue weighted by atomic mass is 9.87. The van der Waals surface area contributed by atoms with Crippen molar-refractivity contribution >= 4 is 43.1 Å². The van der Waals surface area contributed by atoms with Crippen LogP contribution >= 0.6 is 0 Å². The van der Waals surface area contributed by atoms with Gasteiger partial charge < -0.3 is 4.74 Å². The molecular weight excluding hydrogens is 544 g/mol. The van der Waals surface area contributed by atoms with Gasteiger partial charge in [-0.2, -0.15) is 0 Å². The lowest BCUT2D eigenvalue weighted by molar-refractivity contribution is 0.489. The lowest BCUT2D eigenvalue weighted by Crippen LogP contribution is -1.98. The van der Waals surface area contributed by atoms with Crippen LogP contribution in [0.25, 0.3) is 87.6 Å². The molecule has 0 aromatic heterocycles. The molecule has 45 heavy (non-hydrogen) atoms. The summed E-state index contributed by atoms with van der Waals surface area (Å²) in [6, 6.07) is 57.2. The SMILES string of the molecule is c1ccc(-c2ccc3ccc4c(-c5ccc(-c6ccc7cccc8c7c6Oc6ccccc6-8)cc5)ccc5ccc2c3c54)cc1. The summed E-state index contributed by atoms with van der Waals surface area (Å²) in [4.78, 5) is 0. The number of ether oxygens (including phenoxy) is 1. The van der Waals surface area contributed by atoms with Crippen LogP contribution in [0, 0.1) is 0 Å². The Bertz CT molecular complexity index is 2590. The summed E-state index contributed by atoms with van der Waals surface area (Å²) in [5.41, 5.74) is 9.62. The van der Waals surface area contributed by atoms with Crippen LogP contribution in [-0.2, 0) is 0 Å². The van der Waals surface area contributed by atoms with Crippen LogP contribution in [0.2, 0.25) is 0 Å². The van der Waals surface area contributed by atoms with Gasteiger partial charge in [0.2, 0.25) is 0 Å². The third-order valence-electron chi connectivity index (χ3n) is 9.64. The number of fused-ring (bicyclic) bond motifs is 2. The fourth-order valence-corrected chi connectivity index (χ4v) is 7.54. The van der Waals surface area contributed by atoms with Crippen molar-refractivity contribution in [1.29, 1.82) is 0 Å². The Kier molecular flexibility index (Phi) is 5.06. The highest BCUT2D eigenvalue weighted by molar-refractivity contribution is 6.27. The number of hydrogen-bond acceptors (Lipinski definition) is 1. The van der Waals surface area contributed by atoms with Gasteiger partial charge in [-0.1, -0.05) is 146 Å². The van der Waals surface area contributed by atoms with Crippen LogP contribution in [0.5, 0.6) is 11.5 Å². The van der Waals surface area contributed by atoms with Gasteiger partial charge in [0.05, 0.1) is 0 Å². The van der Waals surface area contributed by atoms with Crippen LogP contribution < -0.4 is 4.74 Å². The summed E-state index contributed by atoms with van der Waals surface area (Å²) in [6.07, 6.45) is 0. The highest BCUT2D eigenvalue weighted by Gasteiger charge is 2.23. The third kappa shape index (κ3) is 3.56. The van der Waals surface area contributed by atoms with E-state index in [0.717, 1.165) is 28.2 Å². The largest absolute Gasteiger partial charge is 0.455 e. The fourth-order valence-electron chi connectivity index (χ4n) is 7.54. The molecule has 0 atom stereocenters. The Hall–Kier alpha value is -5.92. The standard InChI is InChI=1S/C44H26O/c1-2-7-27(8-3-1)33-22-17-31-21-26-39-34(23-18-32-20-25-38(33)41(31)42(32)39)28-13-15-29(16-14-28)35-24-19-30-9-6-11-37-36-10-4-5-12-40(36)45-44(35)43(30)37/h1-26H. The van der Waals surface area contributed by atoms with Crippen LogP contribution in [0.15, 0.2) is 158 Å². The zero-order valence-electron chi connectivity index (χ0n) is 24.4. The van der Waals surface area contributed by atoms with E-state index in [1.54, 1.807) is 0 Å². The Morgan fingerprint density at radius 2 is 0.800 bits per heavy atom. The van der Waals surface area contributed by atoms with E-state index in [4.69, 9.17) is 4.74 Å². The third-order valence-corrected chi connectivity index (χ3v) is 9.64. The minimum atomic E-state index is 0.908. The molecule has 0 unspecified atom stereocenters. The first kappa shape index (κ1) is 24.5. The summed E-state index contributed by atoms with van der Waals surface area (Å²) in [5, 5.41) is 10.2. The zero-order chi connectivity index (χ0) is 29.5. The zero-order valence-corrected chi connectivity index (χ0v) is 24.4. The molecule has 0 N–H and O–H groups in total. The smallest absolute Gasteiger partial charge is 0.143 e. The Balaban J connectivity index is 1.12. The summed E-state index contributed by atoms with van der Waals surface area (Å²) >= 11 is 0. The van der Waals surface area contributed by atoms with Crippen molar-refractivity contribution in [1.82, 2.24) is 0 Å². The molecule has 0 amide bonds. The van der Waals surface area contributed by atoms with Crippen molar-refractivity contribution in [2.45, 2.75) is 0 Å². The van der Waals surface area contributed by atoms with Gasteiger partial charge >= 0.3 is 0 Å². The van der Waals surface area contributed by atoms with Gasteiger partial charge in [0, 0.05) is 16.5 Å². The first-order chi connectivity index (χ1) is 22.3. The molecule has 208 valence electrons. The predicted octanol–water partition coefficient (Wildman–Crippen LogP) is 12.5. The Morgan fingerprint density at radius 1 is 0.289 bits per heavy atom. The van der Waals surface area contributed by atoms with E-state index in [9.17, 15) is 0 Å². The second kappa shape index (κ2) is 9.29. The Morgan fingerprint density at radius 3 is 1.49 bits per heavy atom. The fraction of sp³-hybridized carbons (Fsp3) is 0. The van der Waals surface area contributed by atoms with Crippen molar-refractivity contribution in [3.63, 3.8) is 0 Å². The Labute approximate surface area is 260 Å². The average Bonchev–Trinajstić information content (AvgIpc) is 3.11. The molecule has 9 aromatic rings. The van der Waals surface area contributed by atoms with E-state index < -0.39 is 0 Å². The molecule has 1 nitrogen and oxygen atoms in total. The molecule has 0 saturated carbocycles. The molecule has 1 aliphatic rings. The number of benzene rings is 9. The highest BCUT2D eigenvalue weighted by Crippen LogP contribution is 2.50. The lowest BCUT2D eigenvalue weighted by Gasteiger charge is -2.23. The molecule has 10 rings (SSSR count). The van der Waals surface area contributed by atoms with Gasteiger partial charge in [-0.3, -0.25) is 0 Å². The second-order valence-corrected chi connectivity index (χ2v) is 12.0. The van der Waals surface area contributed by atoms with Crippen LogP contribution in [-0.4, -0.2) is 0 Å². The molecule has 0 radical (unpaired) electrons. The number of hydrogen-bond donors (Lipinski definition) is 0. The summed E-state index contributed by atoms with van der Waals surface area (Å²) in [7, 11) is 0. The van der Waals surface area contributed by atoms with Gasteiger partial charge in [0.15, 0.2) is 0 Å². The summed E-state index contributed by atoms with van der Waals surface area (Å²) in [6.45, 7) is 0. The molecule has 0 spiro atoms. The van der Waals surface area contributed by atoms with E-state index in [0.29, 0.717) is 0 Å². The van der Waals surface area contributed by atoms with Crippen molar-refractivity contribution in [2.75, 3.05) is 0 Å². The average molecular weight is 571 g/mol. The maximum atomic E-state index is 6.61. The molecule has 9 aromatic carbocycles. The van der Waals surface area contributed by atoms with Crippen LogP contribution in [0.4, 0.5) is 0 Å². The first-order valence-corrected chi connectivity index (χ1v) is 15.5. The second-order valence-electron chi connectivity index (χ2n) is 12.0. The molecule has 1 heterocycles. The monoisotopic (exact) mass is 570 g/mol. The highest BCUT2D eigenvalue weighted by atomic mass is 16.5. The number of para-hydroxylation sites is 1. The van der Waals surface area contributed by atoms with Crippen LogP contribution in [0.1, 0.15) is 0 Å². The van der Waals surface area contributed by atoms with Gasteiger partial charge in [-0.25, -0.2) is 0 Å². The number of rotatable bonds is 3. The van der Waals surface area contributed by atoms with Crippen LogP contribution in [0.3, 0.4) is 0 Å². The molecule has 0 aliphatic carbocycles. The van der Waals surface area contributed by atoms with E-state index in [2.05, 4.69) is 152 Å². The van der Waals surface area contributed by atoms with Crippen molar-refractivity contribution in [2.24, 2.45) is 0 Å². The molecule has 0 fully saturated rings. The van der Waals surface area contributed by atoms with Crippen molar-refractivity contribution in [3.05, 3.63) is 158 Å². The first-order valence-electron chi connectivity index (χ1n) is 15.5. The molecule has 0 saturated heterocycles. The quantitative estimate of drug-likeness (QED) is 0.192. The topological polar surface area (TPSA) is 9.23 Å². The van der Waals surface area contributed by atoms with E-state index in [1.165, 1.54) is 70.9 Å². The molecule has 1 aliphatic heterocycles. The molecule has 0 bridgehead atoms. The molecule has 1 heteroatoms. The minimum Gasteiger partial charge on any atom is -0.455 e. The van der Waals surface area contributed by atoms with Gasteiger partial charge in [0.1, 0.15) is 11.5 Å². The van der Waals surface area contributed by atoms with E-state index >= 15 is 0 Å². The maximum absolute atomic E-state index is 6.61. The molecular formula is C44H26O. The minimum absolute atomic E-state index is 0.908. The summed E-state index contributed by atoms with van der Waals surface area (Å²) in [5.74, 6) is 1.84. The maximum Gasteiger partial charge on any atom is 0.143 e. The summed E-state index contributed by atoms with van der Waals surface area (Å²) < 4.78 is 6.61. The van der Waals surface area contributed by atoms with E-state index in [-0.39, 0.29) is 0 Å². The van der Waals surface area contributed by atoms with Gasteiger partial charge in [-0.15, -0.1) is 0 Å². The predicted molar refractivity (Wildman–Crippen MR) is 189 cm³/mol. The van der Waals surface area contributed by atoms with Gasteiger partial charge in [0.25, 0.3) is 0 Å². The van der Waals surface area contributed by atoms with Crippen molar-refractivity contribution in [3.8, 4) is 56.0 Å².